The van der Waals surface area contributed by atoms with Gasteiger partial charge in [-0.3, -0.25) is 4.79 Å². The molecule has 6 rings (SSSR count). The van der Waals surface area contributed by atoms with Crippen LogP contribution >= 0.6 is 0 Å². The summed E-state index contributed by atoms with van der Waals surface area (Å²) >= 11 is 0. The summed E-state index contributed by atoms with van der Waals surface area (Å²) in [5.41, 5.74) is 3.90. The number of nitrogens with one attached hydrogen (secondary N) is 1. The summed E-state index contributed by atoms with van der Waals surface area (Å²) in [5, 5.41) is 0. The molecular weight excluding hydrogens is 530 g/mol. The number of hydrogen-bond acceptors (Lipinski definition) is 3. The molecule has 1 heterocycles. The van der Waals surface area contributed by atoms with Crippen LogP contribution in [0.15, 0.2) is 84.0 Å². The van der Waals surface area contributed by atoms with Gasteiger partial charge < -0.3 is 9.47 Å². The van der Waals surface area contributed by atoms with Gasteiger partial charge in [-0.05, 0) is 96.8 Å². The van der Waals surface area contributed by atoms with E-state index >= 15 is 0 Å². The van der Waals surface area contributed by atoms with Gasteiger partial charge in [-0.15, -0.1) is 0 Å². The average molecular weight is 561 g/mol. The normalized spacial score (nSPS) is 20.5. The van der Waals surface area contributed by atoms with Crippen LogP contribution in [0.3, 0.4) is 0 Å². The third kappa shape index (κ3) is 5.48. The molecule has 0 bridgehead atoms. The fourth-order valence-electron chi connectivity index (χ4n) is 5.57. The number of aromatic nitrogens is 2. The van der Waals surface area contributed by atoms with E-state index < -0.39 is 11.0 Å². The largest absolute Gasteiger partial charge is 0.337 e. The van der Waals surface area contributed by atoms with Crippen molar-refractivity contribution in [2.75, 3.05) is 4.90 Å². The number of imidazole rings is 1. The summed E-state index contributed by atoms with van der Waals surface area (Å²) in [6, 6.07) is 18.0. The number of carbonyl (C=O) groups is 1. The summed E-state index contributed by atoms with van der Waals surface area (Å²) in [6.45, 7) is 0.313. The van der Waals surface area contributed by atoms with Crippen molar-refractivity contribution in [2.45, 2.75) is 49.1 Å². The second-order valence-electron chi connectivity index (χ2n) is 10.5. The molecule has 2 unspecified atom stereocenters. The summed E-state index contributed by atoms with van der Waals surface area (Å²) in [7, 11) is 0.390. The highest BCUT2D eigenvalue weighted by molar-refractivity contribution is 7.83. The van der Waals surface area contributed by atoms with E-state index in [1.807, 2.05) is 29.9 Å². The zero-order chi connectivity index (χ0) is 27.8. The molecular formula is C31H30F2N4O2S. The number of anilines is 1. The van der Waals surface area contributed by atoms with Crippen molar-refractivity contribution in [3.63, 3.8) is 0 Å². The quantitative estimate of drug-likeness (QED) is 0.300. The van der Waals surface area contributed by atoms with Crippen molar-refractivity contribution in [2.24, 2.45) is 13.0 Å². The number of halogens is 2. The van der Waals surface area contributed by atoms with E-state index in [0.717, 1.165) is 47.5 Å². The van der Waals surface area contributed by atoms with Crippen molar-refractivity contribution >= 4 is 22.6 Å². The maximum Gasteiger partial charge on any atom is 0.231 e. The van der Waals surface area contributed by atoms with E-state index in [4.69, 9.17) is 0 Å². The summed E-state index contributed by atoms with van der Waals surface area (Å²) in [4.78, 5) is 20.7. The Hall–Kier alpha value is -3.69. The minimum Gasteiger partial charge on any atom is -0.337 e. The highest BCUT2D eigenvalue weighted by Gasteiger charge is 2.46. The Morgan fingerprint density at radius 1 is 1.07 bits per heavy atom. The van der Waals surface area contributed by atoms with Gasteiger partial charge in [-0.25, -0.2) is 22.7 Å². The van der Waals surface area contributed by atoms with Crippen molar-refractivity contribution in [3.05, 3.63) is 113 Å². The molecule has 2 aliphatic rings. The first-order valence-corrected chi connectivity index (χ1v) is 14.6. The van der Waals surface area contributed by atoms with Gasteiger partial charge >= 0.3 is 0 Å². The van der Waals surface area contributed by atoms with E-state index in [1.54, 1.807) is 23.2 Å². The van der Waals surface area contributed by atoms with Crippen LogP contribution in [0.2, 0.25) is 0 Å². The molecule has 1 N–H and O–H groups in total. The monoisotopic (exact) mass is 560 g/mol. The molecule has 4 atom stereocenters. The summed E-state index contributed by atoms with van der Waals surface area (Å²) < 4.78 is 45.0. The first kappa shape index (κ1) is 26.5. The van der Waals surface area contributed by atoms with Crippen molar-refractivity contribution in [3.8, 4) is 0 Å². The predicted molar refractivity (Wildman–Crippen MR) is 150 cm³/mol. The number of fused-ring (bicyclic) bond motifs is 1. The molecule has 0 saturated heterocycles. The van der Waals surface area contributed by atoms with Crippen LogP contribution in [0.1, 0.15) is 53.7 Å². The number of amides is 1. The minimum absolute atomic E-state index is 0.00693. The lowest BCUT2D eigenvalue weighted by Crippen LogP contribution is -2.34. The van der Waals surface area contributed by atoms with Gasteiger partial charge in [0.1, 0.15) is 28.4 Å². The first-order chi connectivity index (χ1) is 19.4. The van der Waals surface area contributed by atoms with E-state index in [-0.39, 0.29) is 35.4 Å². The Kier molecular flexibility index (Phi) is 7.33. The Bertz CT molecular complexity index is 1550. The summed E-state index contributed by atoms with van der Waals surface area (Å²) in [6.07, 6.45) is 6.93. The SMILES string of the molecule is Cn1ccnc1CN(C(=O)[C@H]1C[C@@H]1c1ccc(F)cc1)c1ccc2c(c1)C(NS(=O)c1ccc(F)cc1)CCC2. The summed E-state index contributed by atoms with van der Waals surface area (Å²) in [5.74, 6) is -0.0297. The Labute approximate surface area is 234 Å². The Balaban J connectivity index is 1.29. The zero-order valence-corrected chi connectivity index (χ0v) is 22.9. The molecule has 1 aromatic heterocycles. The van der Waals surface area contributed by atoms with Crippen LogP contribution in [-0.4, -0.2) is 19.7 Å². The zero-order valence-electron chi connectivity index (χ0n) is 22.1. The van der Waals surface area contributed by atoms with Gasteiger partial charge in [-0.2, -0.15) is 0 Å². The third-order valence-corrected chi connectivity index (χ3v) is 9.12. The minimum atomic E-state index is -1.51. The third-order valence-electron chi connectivity index (χ3n) is 7.92. The molecule has 40 heavy (non-hydrogen) atoms. The first-order valence-electron chi connectivity index (χ1n) is 13.5. The van der Waals surface area contributed by atoms with Crippen LogP contribution in [0.4, 0.5) is 14.5 Å². The van der Waals surface area contributed by atoms with Gasteiger partial charge in [-0.1, -0.05) is 18.2 Å². The maximum atomic E-state index is 14.0. The molecule has 0 aliphatic heterocycles. The molecule has 6 nitrogen and oxygen atoms in total. The van der Waals surface area contributed by atoms with Crippen molar-refractivity contribution in [1.29, 1.82) is 0 Å². The van der Waals surface area contributed by atoms with Gasteiger partial charge in [0.05, 0.1) is 11.4 Å². The van der Waals surface area contributed by atoms with E-state index in [0.29, 0.717) is 17.9 Å². The van der Waals surface area contributed by atoms with Gasteiger partial charge in [0.2, 0.25) is 5.91 Å². The number of nitrogens with zero attached hydrogens (tertiary/aromatic N) is 3. The number of benzene rings is 3. The molecule has 4 aromatic rings. The van der Waals surface area contributed by atoms with Crippen LogP contribution in [-0.2, 0) is 35.8 Å². The smallest absolute Gasteiger partial charge is 0.231 e. The number of aryl methyl sites for hydroxylation is 2. The molecule has 9 heteroatoms. The lowest BCUT2D eigenvalue weighted by atomic mass is 9.87. The molecule has 2 aliphatic carbocycles. The average Bonchev–Trinajstić information content (AvgIpc) is 3.66. The standard InChI is InChI=1S/C31H30F2N4O2S/c1-36-16-15-34-30(36)19-37(31(38)28-18-26(28)21-5-8-22(32)9-6-21)24-12-7-20-3-2-4-29(27(20)17-24)35-40(39)25-13-10-23(33)11-14-25/h5-17,26,28-29,35H,2-4,18-19H2,1H3/t26-,28+,29?,40?/m1/s1. The maximum absolute atomic E-state index is 14.0. The Morgan fingerprint density at radius 3 is 2.50 bits per heavy atom. The molecule has 1 amide bonds. The number of carbonyl (C=O) groups excluding carboxylic acids is 1. The van der Waals surface area contributed by atoms with Crippen LogP contribution in [0, 0.1) is 17.6 Å². The fourth-order valence-corrected chi connectivity index (χ4v) is 6.59. The molecule has 1 saturated carbocycles. The van der Waals surface area contributed by atoms with E-state index in [1.165, 1.54) is 36.4 Å². The van der Waals surface area contributed by atoms with Crippen molar-refractivity contribution in [1.82, 2.24) is 14.3 Å². The van der Waals surface area contributed by atoms with Gasteiger partial charge in [0, 0.05) is 37.1 Å². The lowest BCUT2D eigenvalue weighted by molar-refractivity contribution is -0.120. The van der Waals surface area contributed by atoms with Crippen LogP contribution in [0.5, 0.6) is 0 Å². The fraction of sp³-hybridized carbons (Fsp3) is 0.290. The van der Waals surface area contributed by atoms with Crippen LogP contribution in [0.25, 0.3) is 0 Å². The molecule has 0 radical (unpaired) electrons. The highest BCUT2D eigenvalue weighted by atomic mass is 32.2. The molecule has 3 aromatic carbocycles. The lowest BCUT2D eigenvalue weighted by Gasteiger charge is -2.29. The second kappa shape index (κ2) is 11.1. The Morgan fingerprint density at radius 2 is 1.80 bits per heavy atom. The van der Waals surface area contributed by atoms with E-state index in [2.05, 4.69) is 15.8 Å². The predicted octanol–water partition coefficient (Wildman–Crippen LogP) is 5.73. The van der Waals surface area contributed by atoms with Gasteiger partial charge in [0.15, 0.2) is 0 Å². The molecule has 206 valence electrons. The number of rotatable bonds is 8. The highest BCUT2D eigenvalue weighted by Crippen LogP contribution is 2.49. The molecule has 0 spiro atoms. The van der Waals surface area contributed by atoms with Crippen LogP contribution < -0.4 is 9.62 Å². The number of hydrogen-bond donors (Lipinski definition) is 1. The second-order valence-corrected chi connectivity index (χ2v) is 11.8. The molecule has 1 fully saturated rings. The topological polar surface area (TPSA) is 67.2 Å². The van der Waals surface area contributed by atoms with E-state index in [9.17, 15) is 17.8 Å². The van der Waals surface area contributed by atoms with Gasteiger partial charge in [0.25, 0.3) is 0 Å². The van der Waals surface area contributed by atoms with Crippen molar-refractivity contribution < 1.29 is 17.8 Å².